The first-order valence-corrected chi connectivity index (χ1v) is 7.78. The van der Waals surface area contributed by atoms with Crippen LogP contribution in [0.25, 0.3) is 0 Å². The summed E-state index contributed by atoms with van der Waals surface area (Å²) in [6.45, 7) is 0.142. The summed E-state index contributed by atoms with van der Waals surface area (Å²) < 4.78 is 5.94. The summed E-state index contributed by atoms with van der Waals surface area (Å²) in [7, 11) is 1.57. The molecule has 6 heteroatoms. The SMILES string of the molecule is CN(CCC(=O)O)C(=O)c1cc(Cl)ccc1OC1CCCC1. The van der Waals surface area contributed by atoms with Crippen LogP contribution in [0.4, 0.5) is 0 Å². The van der Waals surface area contributed by atoms with Gasteiger partial charge in [0.2, 0.25) is 0 Å². The van der Waals surface area contributed by atoms with Gasteiger partial charge in [-0.15, -0.1) is 0 Å². The summed E-state index contributed by atoms with van der Waals surface area (Å²) in [5.74, 6) is -0.701. The highest BCUT2D eigenvalue weighted by Gasteiger charge is 2.22. The third kappa shape index (κ3) is 4.37. The molecule has 1 amide bonds. The van der Waals surface area contributed by atoms with E-state index >= 15 is 0 Å². The van der Waals surface area contributed by atoms with Gasteiger partial charge in [-0.25, -0.2) is 0 Å². The highest BCUT2D eigenvalue weighted by Crippen LogP contribution is 2.29. The van der Waals surface area contributed by atoms with Crippen LogP contribution in [0, 0.1) is 0 Å². The van der Waals surface area contributed by atoms with Crippen molar-refractivity contribution in [3.05, 3.63) is 28.8 Å². The Labute approximate surface area is 134 Å². The number of aliphatic carboxylic acids is 1. The van der Waals surface area contributed by atoms with Crippen molar-refractivity contribution in [1.82, 2.24) is 4.90 Å². The van der Waals surface area contributed by atoms with E-state index in [0.29, 0.717) is 16.3 Å². The number of carbonyl (C=O) groups excluding carboxylic acids is 1. The van der Waals surface area contributed by atoms with E-state index in [-0.39, 0.29) is 25.0 Å². The molecule has 0 spiro atoms. The minimum absolute atomic E-state index is 0.0956. The van der Waals surface area contributed by atoms with Gasteiger partial charge in [0.25, 0.3) is 5.91 Å². The minimum atomic E-state index is -0.937. The van der Waals surface area contributed by atoms with E-state index in [2.05, 4.69) is 0 Å². The summed E-state index contributed by atoms with van der Waals surface area (Å²) in [6, 6.07) is 4.98. The molecule has 120 valence electrons. The fourth-order valence-corrected chi connectivity index (χ4v) is 2.70. The van der Waals surface area contributed by atoms with E-state index in [1.165, 1.54) is 4.90 Å². The van der Waals surface area contributed by atoms with Gasteiger partial charge in [-0.05, 0) is 43.9 Å². The third-order valence-corrected chi connectivity index (χ3v) is 4.01. The maximum absolute atomic E-state index is 12.5. The summed E-state index contributed by atoms with van der Waals surface area (Å²) in [4.78, 5) is 24.5. The smallest absolute Gasteiger partial charge is 0.305 e. The number of benzene rings is 1. The van der Waals surface area contributed by atoms with Crippen molar-refractivity contribution in [2.45, 2.75) is 38.2 Å². The molecule has 22 heavy (non-hydrogen) atoms. The number of halogens is 1. The van der Waals surface area contributed by atoms with E-state index in [4.69, 9.17) is 21.4 Å². The monoisotopic (exact) mass is 325 g/mol. The minimum Gasteiger partial charge on any atom is -0.490 e. The average Bonchev–Trinajstić information content (AvgIpc) is 2.98. The van der Waals surface area contributed by atoms with Crippen molar-refractivity contribution in [1.29, 1.82) is 0 Å². The lowest BCUT2D eigenvalue weighted by Crippen LogP contribution is -2.29. The molecule has 0 saturated heterocycles. The van der Waals surface area contributed by atoms with Gasteiger partial charge in [0.05, 0.1) is 18.1 Å². The summed E-state index contributed by atoms with van der Waals surface area (Å²) in [6.07, 6.45) is 4.30. The molecule has 0 aromatic heterocycles. The Balaban J connectivity index is 2.14. The molecule has 0 radical (unpaired) electrons. The maximum Gasteiger partial charge on any atom is 0.305 e. The second-order valence-electron chi connectivity index (χ2n) is 5.54. The van der Waals surface area contributed by atoms with Crippen LogP contribution in [0.3, 0.4) is 0 Å². The Morgan fingerprint density at radius 3 is 2.68 bits per heavy atom. The molecular weight excluding hydrogens is 306 g/mol. The fraction of sp³-hybridized carbons (Fsp3) is 0.500. The molecule has 1 aromatic carbocycles. The molecular formula is C16H20ClNO4. The van der Waals surface area contributed by atoms with Gasteiger partial charge < -0.3 is 14.7 Å². The highest BCUT2D eigenvalue weighted by molar-refractivity contribution is 6.31. The Bertz CT molecular complexity index is 555. The number of carboxylic acid groups (broad SMARTS) is 1. The summed E-state index contributed by atoms with van der Waals surface area (Å²) >= 11 is 5.99. The van der Waals surface area contributed by atoms with Gasteiger partial charge in [-0.3, -0.25) is 9.59 Å². The van der Waals surface area contributed by atoms with Crippen LogP contribution in [0.1, 0.15) is 42.5 Å². The first-order chi connectivity index (χ1) is 10.5. The Morgan fingerprint density at radius 1 is 1.36 bits per heavy atom. The molecule has 0 atom stereocenters. The van der Waals surface area contributed by atoms with Gasteiger partial charge >= 0.3 is 5.97 Å². The van der Waals surface area contributed by atoms with E-state index in [9.17, 15) is 9.59 Å². The zero-order valence-electron chi connectivity index (χ0n) is 12.5. The van der Waals surface area contributed by atoms with Gasteiger partial charge in [-0.2, -0.15) is 0 Å². The van der Waals surface area contributed by atoms with Crippen molar-refractivity contribution in [2.24, 2.45) is 0 Å². The molecule has 0 bridgehead atoms. The maximum atomic E-state index is 12.5. The predicted molar refractivity (Wildman–Crippen MR) is 83.5 cm³/mol. The quantitative estimate of drug-likeness (QED) is 0.872. The Morgan fingerprint density at radius 2 is 2.05 bits per heavy atom. The summed E-state index contributed by atoms with van der Waals surface area (Å²) in [5.41, 5.74) is 0.382. The molecule has 1 fully saturated rings. The third-order valence-electron chi connectivity index (χ3n) is 3.78. The molecule has 0 heterocycles. The number of carboxylic acids is 1. The zero-order valence-corrected chi connectivity index (χ0v) is 13.3. The van der Waals surface area contributed by atoms with Gasteiger partial charge in [-0.1, -0.05) is 11.6 Å². The van der Waals surface area contributed by atoms with E-state index in [1.807, 2.05) is 0 Å². The average molecular weight is 326 g/mol. The number of hydrogen-bond donors (Lipinski definition) is 1. The second-order valence-corrected chi connectivity index (χ2v) is 5.97. The molecule has 5 nitrogen and oxygen atoms in total. The van der Waals surface area contributed by atoms with Crippen LogP contribution in [-0.2, 0) is 4.79 Å². The van der Waals surface area contributed by atoms with Crippen LogP contribution in [0.15, 0.2) is 18.2 Å². The Kier molecular flexibility index (Phi) is 5.66. The standard InChI is InChI=1S/C16H20ClNO4/c1-18(9-8-15(19)20)16(21)13-10-11(17)6-7-14(13)22-12-4-2-3-5-12/h6-7,10,12H,2-5,8-9H2,1H3,(H,19,20). The topological polar surface area (TPSA) is 66.8 Å². The van der Waals surface area contributed by atoms with Crippen molar-refractivity contribution in [2.75, 3.05) is 13.6 Å². The van der Waals surface area contributed by atoms with Crippen molar-refractivity contribution < 1.29 is 19.4 Å². The number of ether oxygens (including phenoxy) is 1. The van der Waals surface area contributed by atoms with Crippen molar-refractivity contribution in [3.8, 4) is 5.75 Å². The number of carbonyl (C=O) groups is 2. The second kappa shape index (κ2) is 7.49. The largest absolute Gasteiger partial charge is 0.490 e. The van der Waals surface area contributed by atoms with E-state index in [0.717, 1.165) is 25.7 Å². The normalized spacial score (nSPS) is 14.8. The lowest BCUT2D eigenvalue weighted by atomic mass is 10.1. The number of amides is 1. The van der Waals surface area contributed by atoms with Gasteiger partial charge in [0.15, 0.2) is 0 Å². The van der Waals surface area contributed by atoms with Crippen LogP contribution in [-0.4, -0.2) is 41.6 Å². The van der Waals surface area contributed by atoms with Crippen molar-refractivity contribution in [3.63, 3.8) is 0 Å². The Hall–Kier alpha value is -1.75. The first-order valence-electron chi connectivity index (χ1n) is 7.41. The molecule has 1 aliphatic rings. The number of hydrogen-bond acceptors (Lipinski definition) is 3. The number of rotatable bonds is 6. The highest BCUT2D eigenvalue weighted by atomic mass is 35.5. The molecule has 1 aliphatic carbocycles. The van der Waals surface area contributed by atoms with Crippen LogP contribution in [0.5, 0.6) is 5.75 Å². The first kappa shape index (κ1) is 16.6. The molecule has 1 aromatic rings. The molecule has 2 rings (SSSR count). The molecule has 0 aliphatic heterocycles. The van der Waals surface area contributed by atoms with Gasteiger partial charge in [0.1, 0.15) is 5.75 Å². The molecule has 0 unspecified atom stereocenters. The van der Waals surface area contributed by atoms with Crippen LogP contribution >= 0.6 is 11.6 Å². The van der Waals surface area contributed by atoms with Crippen LogP contribution in [0.2, 0.25) is 5.02 Å². The van der Waals surface area contributed by atoms with E-state index < -0.39 is 5.97 Å². The number of nitrogens with zero attached hydrogens (tertiary/aromatic N) is 1. The molecule has 1 N–H and O–H groups in total. The zero-order chi connectivity index (χ0) is 16.1. The van der Waals surface area contributed by atoms with Crippen LogP contribution < -0.4 is 4.74 Å². The molecule has 1 saturated carbocycles. The van der Waals surface area contributed by atoms with Gasteiger partial charge in [0, 0.05) is 18.6 Å². The predicted octanol–water partition coefficient (Wildman–Crippen LogP) is 3.21. The lowest BCUT2D eigenvalue weighted by Gasteiger charge is -2.20. The summed E-state index contributed by atoms with van der Waals surface area (Å²) in [5, 5.41) is 9.17. The lowest BCUT2D eigenvalue weighted by molar-refractivity contribution is -0.137. The van der Waals surface area contributed by atoms with Crippen molar-refractivity contribution >= 4 is 23.5 Å². The fourth-order valence-electron chi connectivity index (χ4n) is 2.53. The van der Waals surface area contributed by atoms with E-state index in [1.54, 1.807) is 25.2 Å².